The summed E-state index contributed by atoms with van der Waals surface area (Å²) in [6, 6.07) is 14.1. The Morgan fingerprint density at radius 2 is 1.86 bits per heavy atom. The summed E-state index contributed by atoms with van der Waals surface area (Å²) in [5.74, 6) is -1.79. The molecule has 4 rings (SSSR count). The van der Waals surface area contributed by atoms with Crippen molar-refractivity contribution in [2.24, 2.45) is 0 Å². The molecule has 0 aliphatic heterocycles. The van der Waals surface area contributed by atoms with Crippen LogP contribution in [0.25, 0.3) is 10.9 Å². The molecule has 0 aliphatic carbocycles. The first-order chi connectivity index (χ1) is 17.3. The number of carbonyl (C=O) groups is 2. The van der Waals surface area contributed by atoms with Gasteiger partial charge in [-0.2, -0.15) is 0 Å². The van der Waals surface area contributed by atoms with Crippen LogP contribution in [0.1, 0.15) is 32.0 Å². The molecule has 2 aromatic carbocycles. The van der Waals surface area contributed by atoms with Crippen molar-refractivity contribution in [1.29, 1.82) is 0 Å². The number of halogens is 2. The Labute approximate surface area is 217 Å². The SMILES string of the molecule is CNC(=O)c1cc(F)ccc1CNC(=O)c1nc(Br)c2cccnc2c1OS(=O)c1ccc(C)cc1. The highest BCUT2D eigenvalue weighted by atomic mass is 79.9. The Morgan fingerprint density at radius 1 is 1.11 bits per heavy atom. The van der Waals surface area contributed by atoms with Crippen molar-refractivity contribution in [3.05, 3.63) is 93.6 Å². The van der Waals surface area contributed by atoms with Crippen LogP contribution in [-0.4, -0.2) is 33.0 Å². The molecule has 8 nitrogen and oxygen atoms in total. The third kappa shape index (κ3) is 5.42. The molecule has 0 aliphatic rings. The van der Waals surface area contributed by atoms with Crippen LogP contribution in [0.3, 0.4) is 0 Å². The zero-order valence-corrected chi connectivity index (χ0v) is 21.6. The quantitative estimate of drug-likeness (QED) is 0.322. The van der Waals surface area contributed by atoms with Crippen molar-refractivity contribution >= 4 is 49.7 Å². The van der Waals surface area contributed by atoms with Gasteiger partial charge in [0, 0.05) is 30.7 Å². The monoisotopic (exact) mass is 570 g/mol. The fourth-order valence-electron chi connectivity index (χ4n) is 3.39. The van der Waals surface area contributed by atoms with Gasteiger partial charge in [-0.3, -0.25) is 14.6 Å². The maximum absolute atomic E-state index is 13.7. The minimum absolute atomic E-state index is 0.0594. The number of nitrogens with one attached hydrogen (secondary N) is 2. The molecule has 4 aromatic rings. The van der Waals surface area contributed by atoms with Gasteiger partial charge < -0.3 is 14.8 Å². The number of fused-ring (bicyclic) bond motifs is 1. The lowest BCUT2D eigenvalue weighted by Crippen LogP contribution is -2.27. The van der Waals surface area contributed by atoms with Crippen molar-refractivity contribution < 1.29 is 22.4 Å². The maximum atomic E-state index is 13.7. The van der Waals surface area contributed by atoms with Gasteiger partial charge in [0.25, 0.3) is 11.8 Å². The molecular formula is C25H20BrFN4O4S. The minimum Gasteiger partial charge on any atom is -0.392 e. The lowest BCUT2D eigenvalue weighted by molar-refractivity contribution is 0.0934. The maximum Gasteiger partial charge on any atom is 0.274 e. The van der Waals surface area contributed by atoms with Crippen molar-refractivity contribution in [3.8, 4) is 5.75 Å². The van der Waals surface area contributed by atoms with Gasteiger partial charge in [0.05, 0.1) is 4.90 Å². The second-order valence-corrected chi connectivity index (χ2v) is 9.53. The van der Waals surface area contributed by atoms with E-state index < -0.39 is 28.7 Å². The summed E-state index contributed by atoms with van der Waals surface area (Å²) >= 11 is 1.40. The van der Waals surface area contributed by atoms with Crippen molar-refractivity contribution in [3.63, 3.8) is 0 Å². The zero-order chi connectivity index (χ0) is 25.8. The lowest BCUT2D eigenvalue weighted by atomic mass is 10.1. The summed E-state index contributed by atoms with van der Waals surface area (Å²) < 4.78 is 32.8. The molecule has 0 saturated heterocycles. The molecule has 2 aromatic heterocycles. The molecule has 1 atom stereocenters. The molecule has 0 radical (unpaired) electrons. The van der Waals surface area contributed by atoms with Crippen LogP contribution < -0.4 is 14.8 Å². The number of rotatable bonds is 7. The number of pyridine rings is 2. The zero-order valence-electron chi connectivity index (χ0n) is 19.2. The van der Waals surface area contributed by atoms with E-state index in [1.54, 1.807) is 36.4 Å². The van der Waals surface area contributed by atoms with E-state index >= 15 is 0 Å². The molecule has 184 valence electrons. The van der Waals surface area contributed by atoms with E-state index in [-0.39, 0.29) is 29.1 Å². The Morgan fingerprint density at radius 3 is 2.58 bits per heavy atom. The Bertz CT molecular complexity index is 1500. The molecule has 0 fully saturated rings. The topological polar surface area (TPSA) is 110 Å². The summed E-state index contributed by atoms with van der Waals surface area (Å²) in [5.41, 5.74) is 1.61. The number of amides is 2. The second kappa shape index (κ2) is 10.9. The van der Waals surface area contributed by atoms with Crippen LogP contribution in [0.4, 0.5) is 4.39 Å². The molecule has 11 heteroatoms. The van der Waals surface area contributed by atoms with Crippen LogP contribution in [0, 0.1) is 12.7 Å². The van der Waals surface area contributed by atoms with Crippen LogP contribution in [-0.2, 0) is 17.6 Å². The molecule has 2 heterocycles. The average molecular weight is 571 g/mol. The number of aryl methyl sites for hydroxylation is 1. The molecule has 2 amide bonds. The van der Waals surface area contributed by atoms with Crippen LogP contribution in [0.5, 0.6) is 5.75 Å². The first kappa shape index (κ1) is 25.4. The van der Waals surface area contributed by atoms with Gasteiger partial charge in [-0.15, -0.1) is 0 Å². The van der Waals surface area contributed by atoms with E-state index in [2.05, 4.69) is 36.5 Å². The average Bonchev–Trinajstić information content (AvgIpc) is 2.89. The smallest absolute Gasteiger partial charge is 0.274 e. The van der Waals surface area contributed by atoms with E-state index in [0.717, 1.165) is 11.6 Å². The standard InChI is InChI=1S/C25H20BrFN4O4S/c1-14-5-9-17(10-6-14)36(34)35-22-20-18(4-3-11-29-20)23(26)31-21(22)25(33)30-13-15-7-8-16(27)12-19(15)24(32)28-2/h3-12H,13H2,1-2H3,(H,28,32)(H,30,33). The molecule has 36 heavy (non-hydrogen) atoms. The first-order valence-corrected chi connectivity index (χ1v) is 12.5. The molecule has 1 unspecified atom stereocenters. The molecule has 0 spiro atoms. The van der Waals surface area contributed by atoms with E-state index in [1.807, 2.05) is 6.92 Å². The van der Waals surface area contributed by atoms with Crippen LogP contribution in [0.15, 0.2) is 70.3 Å². The third-order valence-electron chi connectivity index (χ3n) is 5.24. The highest BCUT2D eigenvalue weighted by Gasteiger charge is 2.24. The Kier molecular flexibility index (Phi) is 7.70. The second-order valence-electron chi connectivity index (χ2n) is 7.67. The van der Waals surface area contributed by atoms with E-state index in [9.17, 15) is 18.2 Å². The predicted molar refractivity (Wildman–Crippen MR) is 136 cm³/mol. The number of nitrogens with zero attached hydrogens (tertiary/aromatic N) is 2. The Balaban J connectivity index is 1.69. The molecule has 2 N–H and O–H groups in total. The van der Waals surface area contributed by atoms with Gasteiger partial charge in [0.1, 0.15) is 15.9 Å². The summed E-state index contributed by atoms with van der Waals surface area (Å²) in [4.78, 5) is 34.4. The molecule has 0 bridgehead atoms. The number of hydrogen-bond donors (Lipinski definition) is 2. The Hall–Kier alpha value is -3.70. The van der Waals surface area contributed by atoms with Crippen LogP contribution >= 0.6 is 15.9 Å². The predicted octanol–water partition coefficient (Wildman–Crippen LogP) is 4.23. The van der Waals surface area contributed by atoms with Crippen LogP contribution in [0.2, 0.25) is 0 Å². The normalized spacial score (nSPS) is 11.7. The lowest BCUT2D eigenvalue weighted by Gasteiger charge is -2.14. The fourth-order valence-corrected chi connectivity index (χ4v) is 4.65. The number of carbonyl (C=O) groups excluding carboxylic acids is 2. The number of aromatic nitrogens is 2. The van der Waals surface area contributed by atoms with E-state index in [0.29, 0.717) is 20.4 Å². The van der Waals surface area contributed by atoms with E-state index in [4.69, 9.17) is 4.18 Å². The van der Waals surface area contributed by atoms with Gasteiger partial charge in [0.2, 0.25) is 11.1 Å². The summed E-state index contributed by atoms with van der Waals surface area (Å²) in [7, 11) is 1.43. The van der Waals surface area contributed by atoms with Gasteiger partial charge in [-0.05, 0) is 64.8 Å². The van der Waals surface area contributed by atoms with Gasteiger partial charge >= 0.3 is 0 Å². The fraction of sp³-hybridized carbons (Fsp3) is 0.120. The van der Waals surface area contributed by atoms with Crippen molar-refractivity contribution in [1.82, 2.24) is 20.6 Å². The summed E-state index contributed by atoms with van der Waals surface area (Å²) in [6.07, 6.45) is 1.52. The minimum atomic E-state index is -1.96. The third-order valence-corrected chi connectivity index (χ3v) is 6.82. The number of hydrogen-bond acceptors (Lipinski definition) is 6. The largest absolute Gasteiger partial charge is 0.392 e. The summed E-state index contributed by atoms with van der Waals surface area (Å²) in [6.45, 7) is 1.81. The highest BCUT2D eigenvalue weighted by molar-refractivity contribution is 9.10. The van der Waals surface area contributed by atoms with Crippen molar-refractivity contribution in [2.45, 2.75) is 18.4 Å². The van der Waals surface area contributed by atoms with E-state index in [1.165, 1.54) is 25.4 Å². The highest BCUT2D eigenvalue weighted by Crippen LogP contribution is 2.33. The molecule has 0 saturated carbocycles. The van der Waals surface area contributed by atoms with Gasteiger partial charge in [0.15, 0.2) is 11.4 Å². The number of benzene rings is 2. The first-order valence-electron chi connectivity index (χ1n) is 10.7. The van der Waals surface area contributed by atoms with Crippen molar-refractivity contribution in [2.75, 3.05) is 7.05 Å². The molecular weight excluding hydrogens is 551 g/mol. The van der Waals surface area contributed by atoms with Gasteiger partial charge in [-0.1, -0.05) is 23.8 Å². The van der Waals surface area contributed by atoms with Gasteiger partial charge in [-0.25, -0.2) is 13.6 Å². The summed E-state index contributed by atoms with van der Waals surface area (Å²) in [5, 5.41) is 5.68.